The van der Waals surface area contributed by atoms with Crippen molar-refractivity contribution in [2.75, 3.05) is 11.5 Å². The Bertz CT molecular complexity index is 150. The van der Waals surface area contributed by atoms with Crippen molar-refractivity contribution in [2.45, 2.75) is 30.8 Å². The van der Waals surface area contributed by atoms with Crippen LogP contribution in [0.15, 0.2) is 0 Å². The first-order valence-corrected chi connectivity index (χ1v) is 6.03. The third-order valence-corrected chi connectivity index (χ3v) is 5.71. The van der Waals surface area contributed by atoms with E-state index in [-0.39, 0.29) is 4.08 Å². The lowest BCUT2D eigenvalue weighted by molar-refractivity contribution is -0.119. The molecule has 0 amide bonds. The zero-order valence-corrected chi connectivity index (χ0v) is 8.69. The minimum absolute atomic E-state index is 0.0608. The van der Waals surface area contributed by atoms with E-state index in [9.17, 15) is 4.79 Å². The summed E-state index contributed by atoms with van der Waals surface area (Å²) in [7, 11) is 0. The molecule has 0 atom stereocenters. The molecular formula is C8H14OS2. The average Bonchev–Trinajstić information content (AvgIpc) is 2.52. The molecule has 0 N–H and O–H groups in total. The van der Waals surface area contributed by atoms with Crippen LogP contribution >= 0.6 is 23.5 Å². The van der Waals surface area contributed by atoms with Crippen molar-refractivity contribution in [3.63, 3.8) is 0 Å². The number of thioether (sulfide) groups is 2. The number of carbonyl (C=O) groups excluding carboxylic acids is 1. The van der Waals surface area contributed by atoms with Gasteiger partial charge in [0.15, 0.2) is 5.78 Å². The first-order chi connectivity index (χ1) is 5.25. The third kappa shape index (κ3) is 1.75. The van der Waals surface area contributed by atoms with E-state index in [2.05, 4.69) is 6.92 Å². The fraction of sp³-hybridized carbons (Fsp3) is 0.875. The molecule has 1 fully saturated rings. The van der Waals surface area contributed by atoms with Gasteiger partial charge in [-0.3, -0.25) is 4.79 Å². The number of carbonyl (C=O) groups is 1. The lowest BCUT2D eigenvalue weighted by atomic mass is 10.2. The number of rotatable bonds is 3. The van der Waals surface area contributed by atoms with Crippen molar-refractivity contribution in [3.05, 3.63) is 0 Å². The second kappa shape index (κ2) is 3.85. The molecule has 0 aromatic rings. The van der Waals surface area contributed by atoms with E-state index in [1.54, 1.807) is 0 Å². The Morgan fingerprint density at radius 2 is 1.91 bits per heavy atom. The minimum Gasteiger partial charge on any atom is -0.297 e. The van der Waals surface area contributed by atoms with E-state index in [1.807, 2.05) is 30.4 Å². The van der Waals surface area contributed by atoms with E-state index >= 15 is 0 Å². The number of hydrogen-bond acceptors (Lipinski definition) is 3. The molecule has 0 bridgehead atoms. The van der Waals surface area contributed by atoms with Gasteiger partial charge in [0.05, 0.1) is 0 Å². The van der Waals surface area contributed by atoms with Gasteiger partial charge < -0.3 is 0 Å². The van der Waals surface area contributed by atoms with Gasteiger partial charge >= 0.3 is 0 Å². The van der Waals surface area contributed by atoms with Crippen molar-refractivity contribution in [1.82, 2.24) is 0 Å². The minimum atomic E-state index is -0.0608. The van der Waals surface area contributed by atoms with Crippen molar-refractivity contribution >= 4 is 29.3 Å². The van der Waals surface area contributed by atoms with Gasteiger partial charge in [-0.05, 0) is 6.42 Å². The van der Waals surface area contributed by atoms with Gasteiger partial charge in [0.2, 0.25) is 0 Å². The summed E-state index contributed by atoms with van der Waals surface area (Å²) in [5.41, 5.74) is 0. The maximum absolute atomic E-state index is 11.5. The van der Waals surface area contributed by atoms with Crippen LogP contribution in [-0.2, 0) is 4.79 Å². The quantitative estimate of drug-likeness (QED) is 0.681. The summed E-state index contributed by atoms with van der Waals surface area (Å²) in [5, 5.41) is 0. The summed E-state index contributed by atoms with van der Waals surface area (Å²) >= 11 is 3.67. The normalized spacial score (nSPS) is 22.0. The Morgan fingerprint density at radius 1 is 1.36 bits per heavy atom. The summed E-state index contributed by atoms with van der Waals surface area (Å²) in [6, 6.07) is 0. The monoisotopic (exact) mass is 190 g/mol. The molecule has 0 radical (unpaired) electrons. The van der Waals surface area contributed by atoms with Gasteiger partial charge in [-0.15, -0.1) is 23.5 Å². The smallest absolute Gasteiger partial charge is 0.158 e. The van der Waals surface area contributed by atoms with Gasteiger partial charge in [-0.2, -0.15) is 0 Å². The highest BCUT2D eigenvalue weighted by Crippen LogP contribution is 2.47. The molecule has 1 rings (SSSR count). The van der Waals surface area contributed by atoms with Crippen LogP contribution in [0.4, 0.5) is 0 Å². The number of ketones is 1. The van der Waals surface area contributed by atoms with E-state index < -0.39 is 0 Å². The lowest BCUT2D eigenvalue weighted by Crippen LogP contribution is -2.27. The standard InChI is InChI=1S/C8H14OS2/c1-3-7(9)8(4-2)10-5-6-11-8/h3-6H2,1-2H3. The molecule has 0 aliphatic carbocycles. The van der Waals surface area contributed by atoms with Crippen LogP contribution in [0.2, 0.25) is 0 Å². The molecule has 1 aliphatic rings. The fourth-order valence-corrected chi connectivity index (χ4v) is 4.46. The SMILES string of the molecule is CCC(=O)C1(CC)SCCS1. The molecule has 0 saturated carbocycles. The zero-order valence-electron chi connectivity index (χ0n) is 7.05. The Kier molecular flexibility index (Phi) is 3.31. The highest BCUT2D eigenvalue weighted by Gasteiger charge is 2.39. The van der Waals surface area contributed by atoms with E-state index in [0.29, 0.717) is 12.2 Å². The predicted octanol–water partition coefficient (Wildman–Crippen LogP) is 2.55. The molecule has 1 heterocycles. The van der Waals surface area contributed by atoms with Crippen LogP contribution in [0.3, 0.4) is 0 Å². The van der Waals surface area contributed by atoms with Crippen LogP contribution in [0, 0.1) is 0 Å². The molecule has 11 heavy (non-hydrogen) atoms. The van der Waals surface area contributed by atoms with E-state index in [0.717, 1.165) is 17.9 Å². The summed E-state index contributed by atoms with van der Waals surface area (Å²) in [6.07, 6.45) is 1.67. The summed E-state index contributed by atoms with van der Waals surface area (Å²) < 4.78 is -0.0608. The molecule has 1 aliphatic heterocycles. The first kappa shape index (κ1) is 9.46. The maximum Gasteiger partial charge on any atom is 0.158 e. The topological polar surface area (TPSA) is 17.1 Å². The maximum atomic E-state index is 11.5. The molecule has 3 heteroatoms. The van der Waals surface area contributed by atoms with Crippen molar-refractivity contribution in [2.24, 2.45) is 0 Å². The molecular weight excluding hydrogens is 176 g/mol. The average molecular weight is 190 g/mol. The first-order valence-electron chi connectivity index (χ1n) is 4.06. The highest BCUT2D eigenvalue weighted by molar-refractivity contribution is 8.22. The van der Waals surface area contributed by atoms with Gasteiger partial charge in [0.25, 0.3) is 0 Å². The molecule has 1 saturated heterocycles. The van der Waals surface area contributed by atoms with E-state index in [1.165, 1.54) is 0 Å². The second-order valence-electron chi connectivity index (χ2n) is 2.58. The Hall–Kier alpha value is 0.370. The molecule has 0 aromatic heterocycles. The summed E-state index contributed by atoms with van der Waals surface area (Å²) in [5.74, 6) is 2.71. The van der Waals surface area contributed by atoms with Crippen LogP contribution < -0.4 is 0 Å². The predicted molar refractivity (Wildman–Crippen MR) is 53.2 cm³/mol. The molecule has 0 aromatic carbocycles. The molecule has 64 valence electrons. The third-order valence-electron chi connectivity index (χ3n) is 1.97. The van der Waals surface area contributed by atoms with Gasteiger partial charge in [-0.1, -0.05) is 13.8 Å². The van der Waals surface area contributed by atoms with Crippen LogP contribution in [0.1, 0.15) is 26.7 Å². The van der Waals surface area contributed by atoms with Gasteiger partial charge in [-0.25, -0.2) is 0 Å². The van der Waals surface area contributed by atoms with Gasteiger partial charge in [0.1, 0.15) is 4.08 Å². The Balaban J connectivity index is 2.66. The summed E-state index contributed by atoms with van der Waals surface area (Å²) in [4.78, 5) is 11.5. The fourth-order valence-electron chi connectivity index (χ4n) is 1.29. The molecule has 0 spiro atoms. The number of Topliss-reactive ketones (excluding diaryl/α,β-unsaturated/α-hetero) is 1. The Morgan fingerprint density at radius 3 is 2.27 bits per heavy atom. The van der Waals surface area contributed by atoms with E-state index in [4.69, 9.17) is 0 Å². The zero-order chi connectivity index (χ0) is 8.32. The van der Waals surface area contributed by atoms with Crippen molar-refractivity contribution in [1.29, 1.82) is 0 Å². The highest BCUT2D eigenvalue weighted by atomic mass is 32.2. The van der Waals surface area contributed by atoms with Crippen LogP contribution in [0.5, 0.6) is 0 Å². The molecule has 0 unspecified atom stereocenters. The number of hydrogen-bond donors (Lipinski definition) is 0. The van der Waals surface area contributed by atoms with Crippen LogP contribution in [-0.4, -0.2) is 21.4 Å². The largest absolute Gasteiger partial charge is 0.297 e. The Labute approximate surface area is 76.7 Å². The summed E-state index contributed by atoms with van der Waals surface area (Å²) in [6.45, 7) is 4.07. The lowest BCUT2D eigenvalue weighted by Gasteiger charge is -2.22. The van der Waals surface area contributed by atoms with Crippen molar-refractivity contribution < 1.29 is 4.79 Å². The van der Waals surface area contributed by atoms with Crippen molar-refractivity contribution in [3.8, 4) is 0 Å². The molecule has 1 nitrogen and oxygen atoms in total. The van der Waals surface area contributed by atoms with Crippen LogP contribution in [0.25, 0.3) is 0 Å². The van der Waals surface area contributed by atoms with Gasteiger partial charge in [0, 0.05) is 17.9 Å². The second-order valence-corrected chi connectivity index (χ2v) is 5.63.